The highest BCUT2D eigenvalue weighted by atomic mass is 19.3. The van der Waals surface area contributed by atoms with Crippen LogP contribution in [0.5, 0.6) is 5.75 Å². The van der Waals surface area contributed by atoms with E-state index in [2.05, 4.69) is 4.74 Å². The number of phenols is 1. The lowest BCUT2D eigenvalue weighted by Gasteiger charge is -2.13. The summed E-state index contributed by atoms with van der Waals surface area (Å²) in [5.41, 5.74) is 3.61. The molecule has 0 fully saturated rings. The molecular weight excluding hydrogens is 414 g/mol. The Morgan fingerprint density at radius 1 is 1.00 bits per heavy atom. The van der Waals surface area contributed by atoms with Gasteiger partial charge in [-0.25, -0.2) is 0 Å². The molecule has 0 saturated heterocycles. The molecule has 0 aliphatic rings. The van der Waals surface area contributed by atoms with Crippen molar-refractivity contribution < 1.29 is 23.4 Å². The minimum Gasteiger partial charge on any atom is -0.508 e. The number of phenolic OH excluding ortho intramolecular Hbond substituents is 1. The van der Waals surface area contributed by atoms with Gasteiger partial charge in [-0.15, -0.1) is 0 Å². The number of alkyl halides is 2. The number of ketones is 1. The topological polar surface area (TPSA) is 94.2 Å². The highest BCUT2D eigenvalue weighted by Gasteiger charge is 2.19. The SMILES string of the molecule is CCc1ccc(C(=N)OC(=N)C(F)F)cc1C(=O)Cc1ccccc1-c1cccc(O)c1. The fourth-order valence-electron chi connectivity index (χ4n) is 3.40. The predicted molar refractivity (Wildman–Crippen MR) is 119 cm³/mol. The summed E-state index contributed by atoms with van der Waals surface area (Å²) >= 11 is 0. The third-order valence-corrected chi connectivity index (χ3v) is 4.99. The number of halogens is 2. The average molecular weight is 436 g/mol. The van der Waals surface area contributed by atoms with Crippen LogP contribution in [0.15, 0.2) is 66.7 Å². The Labute approximate surface area is 184 Å². The van der Waals surface area contributed by atoms with E-state index in [4.69, 9.17) is 10.8 Å². The van der Waals surface area contributed by atoms with Crippen molar-refractivity contribution in [3.63, 3.8) is 0 Å². The maximum absolute atomic E-state index is 13.2. The van der Waals surface area contributed by atoms with Crippen molar-refractivity contribution in [3.8, 4) is 16.9 Å². The number of rotatable bonds is 7. The van der Waals surface area contributed by atoms with Crippen molar-refractivity contribution in [1.82, 2.24) is 0 Å². The van der Waals surface area contributed by atoms with E-state index in [1.165, 1.54) is 12.1 Å². The van der Waals surface area contributed by atoms with E-state index in [0.29, 0.717) is 12.0 Å². The fraction of sp³-hybridized carbons (Fsp3) is 0.160. The lowest BCUT2D eigenvalue weighted by atomic mass is 9.91. The summed E-state index contributed by atoms with van der Waals surface area (Å²) in [6.45, 7) is 1.89. The molecule has 0 amide bonds. The first kappa shape index (κ1) is 22.8. The summed E-state index contributed by atoms with van der Waals surface area (Å²) in [5.74, 6) is -2.01. The standard InChI is InChI=1S/C25H22F2N2O3/c1-2-15-10-11-18(24(28)32-25(29)23(26)27)13-21(15)22(31)14-17-6-3-4-9-20(17)16-7-5-8-19(30)12-16/h3-13,23,28-30H,2,14H2,1H3. The van der Waals surface area contributed by atoms with Crippen LogP contribution < -0.4 is 0 Å². The van der Waals surface area contributed by atoms with Gasteiger partial charge in [0.2, 0.25) is 5.90 Å². The van der Waals surface area contributed by atoms with E-state index in [9.17, 15) is 18.7 Å². The number of ether oxygens (including phenoxy) is 1. The Kier molecular flexibility index (Phi) is 7.10. The van der Waals surface area contributed by atoms with Gasteiger partial charge in [-0.05, 0) is 52.9 Å². The van der Waals surface area contributed by atoms with Crippen LogP contribution >= 0.6 is 0 Å². The molecule has 7 heteroatoms. The molecule has 0 aliphatic carbocycles. The van der Waals surface area contributed by atoms with Crippen LogP contribution in [0.2, 0.25) is 0 Å². The van der Waals surface area contributed by atoms with Crippen molar-refractivity contribution in [2.75, 3.05) is 0 Å². The molecule has 3 rings (SSSR count). The lowest BCUT2D eigenvalue weighted by molar-refractivity contribution is 0.0992. The fourth-order valence-corrected chi connectivity index (χ4v) is 3.40. The number of aryl methyl sites for hydroxylation is 1. The van der Waals surface area contributed by atoms with Gasteiger partial charge in [0.25, 0.3) is 5.90 Å². The van der Waals surface area contributed by atoms with Crippen LogP contribution in [0.3, 0.4) is 0 Å². The molecule has 0 spiro atoms. The van der Waals surface area contributed by atoms with E-state index in [0.717, 1.165) is 22.3 Å². The van der Waals surface area contributed by atoms with Crippen LogP contribution in [-0.2, 0) is 17.6 Å². The molecule has 164 valence electrons. The molecular formula is C25H22F2N2O3. The predicted octanol–water partition coefficient (Wildman–Crippen LogP) is 5.63. The third-order valence-electron chi connectivity index (χ3n) is 4.99. The number of hydrogen-bond acceptors (Lipinski definition) is 5. The molecule has 0 atom stereocenters. The number of carbonyl (C=O) groups is 1. The second kappa shape index (κ2) is 9.96. The zero-order valence-electron chi connectivity index (χ0n) is 17.4. The molecule has 3 aromatic carbocycles. The first-order valence-corrected chi connectivity index (χ1v) is 9.97. The number of Topliss-reactive ketones (excluding diaryl/α,β-unsaturated/α-hetero) is 1. The van der Waals surface area contributed by atoms with Gasteiger partial charge in [0, 0.05) is 17.5 Å². The van der Waals surface area contributed by atoms with Gasteiger partial charge in [-0.2, -0.15) is 8.78 Å². The number of aromatic hydroxyl groups is 1. The van der Waals surface area contributed by atoms with E-state index in [1.807, 2.05) is 37.3 Å². The van der Waals surface area contributed by atoms with Crippen LogP contribution in [0.4, 0.5) is 8.78 Å². The van der Waals surface area contributed by atoms with E-state index >= 15 is 0 Å². The Bertz CT molecular complexity index is 1180. The van der Waals surface area contributed by atoms with Crippen molar-refractivity contribution in [2.24, 2.45) is 0 Å². The Balaban J connectivity index is 1.92. The number of nitrogens with one attached hydrogen (secondary N) is 2. The van der Waals surface area contributed by atoms with Gasteiger partial charge in [0.1, 0.15) is 5.75 Å². The normalized spacial score (nSPS) is 10.8. The zero-order chi connectivity index (χ0) is 23.3. The average Bonchev–Trinajstić information content (AvgIpc) is 2.78. The maximum atomic E-state index is 13.2. The second-order valence-corrected chi connectivity index (χ2v) is 7.13. The maximum Gasteiger partial charge on any atom is 0.312 e. The van der Waals surface area contributed by atoms with Crippen molar-refractivity contribution >= 4 is 17.6 Å². The third kappa shape index (κ3) is 5.24. The summed E-state index contributed by atoms with van der Waals surface area (Å²) in [6.07, 6.45) is -2.49. The van der Waals surface area contributed by atoms with Gasteiger partial charge in [0.05, 0.1) is 0 Å². The lowest BCUT2D eigenvalue weighted by Crippen LogP contribution is -2.19. The first-order valence-electron chi connectivity index (χ1n) is 9.97. The quantitative estimate of drug-likeness (QED) is 0.254. The Morgan fingerprint density at radius 3 is 2.44 bits per heavy atom. The smallest absolute Gasteiger partial charge is 0.312 e. The van der Waals surface area contributed by atoms with Crippen LogP contribution in [-0.4, -0.2) is 29.1 Å². The second-order valence-electron chi connectivity index (χ2n) is 7.13. The van der Waals surface area contributed by atoms with E-state index in [1.54, 1.807) is 24.3 Å². The van der Waals surface area contributed by atoms with Gasteiger partial charge in [-0.3, -0.25) is 15.6 Å². The van der Waals surface area contributed by atoms with E-state index < -0.39 is 18.2 Å². The molecule has 0 aliphatic heterocycles. The summed E-state index contributed by atoms with van der Waals surface area (Å²) in [5, 5.41) is 24.8. The molecule has 0 heterocycles. The first-order chi connectivity index (χ1) is 15.3. The summed E-state index contributed by atoms with van der Waals surface area (Å²) in [6, 6.07) is 18.8. The molecule has 32 heavy (non-hydrogen) atoms. The Morgan fingerprint density at radius 2 is 1.75 bits per heavy atom. The summed E-state index contributed by atoms with van der Waals surface area (Å²) < 4.78 is 29.7. The van der Waals surface area contributed by atoms with Crippen LogP contribution in [0.25, 0.3) is 11.1 Å². The van der Waals surface area contributed by atoms with Gasteiger partial charge < -0.3 is 9.84 Å². The molecule has 0 unspecified atom stereocenters. The minimum atomic E-state index is -3.12. The molecule has 3 aromatic rings. The van der Waals surface area contributed by atoms with Gasteiger partial charge >= 0.3 is 6.43 Å². The largest absolute Gasteiger partial charge is 0.508 e. The summed E-state index contributed by atoms with van der Waals surface area (Å²) in [7, 11) is 0. The van der Waals surface area contributed by atoms with Crippen molar-refractivity contribution in [2.45, 2.75) is 26.2 Å². The van der Waals surface area contributed by atoms with Gasteiger partial charge in [-0.1, -0.05) is 49.4 Å². The summed E-state index contributed by atoms with van der Waals surface area (Å²) in [4.78, 5) is 13.2. The highest BCUT2D eigenvalue weighted by molar-refractivity contribution is 6.04. The zero-order valence-corrected chi connectivity index (χ0v) is 17.4. The molecule has 0 aromatic heterocycles. The number of carbonyl (C=O) groups excluding carboxylic acids is 1. The molecule has 0 bridgehead atoms. The van der Waals surface area contributed by atoms with Crippen molar-refractivity contribution in [3.05, 3.63) is 89.0 Å². The highest BCUT2D eigenvalue weighted by Crippen LogP contribution is 2.28. The monoisotopic (exact) mass is 436 g/mol. The number of hydrogen-bond donors (Lipinski definition) is 3. The molecule has 0 radical (unpaired) electrons. The molecule has 0 saturated carbocycles. The molecule has 5 nitrogen and oxygen atoms in total. The Hall–Kier alpha value is -3.87. The minimum absolute atomic E-state index is 0.0727. The molecule has 3 N–H and O–H groups in total. The van der Waals surface area contributed by atoms with Gasteiger partial charge in [0.15, 0.2) is 5.78 Å². The van der Waals surface area contributed by atoms with Crippen molar-refractivity contribution in [1.29, 1.82) is 10.8 Å². The van der Waals surface area contributed by atoms with E-state index in [-0.39, 0.29) is 23.5 Å². The number of benzene rings is 3. The van der Waals surface area contributed by atoms with Crippen LogP contribution in [0, 0.1) is 10.8 Å². The van der Waals surface area contributed by atoms with Crippen LogP contribution in [0.1, 0.15) is 34.0 Å².